The summed E-state index contributed by atoms with van der Waals surface area (Å²) in [6.07, 6.45) is 0.669. The summed E-state index contributed by atoms with van der Waals surface area (Å²) in [5, 5.41) is 0. The first-order valence-corrected chi connectivity index (χ1v) is 10.2. The molecule has 0 aromatic heterocycles. The van der Waals surface area contributed by atoms with Gasteiger partial charge in [-0.15, -0.1) is 0 Å². The van der Waals surface area contributed by atoms with Gasteiger partial charge in [-0.05, 0) is 46.7 Å². The average Bonchev–Trinajstić information content (AvgIpc) is 1.98. The second kappa shape index (κ2) is 6.07. The average molecular weight is 267 g/mol. The molecule has 0 saturated carbocycles. The zero-order valence-corrected chi connectivity index (χ0v) is 12.6. The fourth-order valence-electron chi connectivity index (χ4n) is 1.11. The Balaban J connectivity index is 4.21. The van der Waals surface area contributed by atoms with Gasteiger partial charge < -0.3 is 14.0 Å². The normalized spacial score (nSPS) is 16.2. The van der Waals surface area contributed by atoms with Gasteiger partial charge in [0, 0.05) is 6.42 Å². The lowest BCUT2D eigenvalue weighted by Crippen LogP contribution is -2.25. The molecule has 0 aliphatic rings. The molecule has 0 aliphatic carbocycles. The number of hydrogen-bond acceptors (Lipinski definition) is 4. The summed E-state index contributed by atoms with van der Waals surface area (Å²) in [5.41, 5.74) is -0.670. The van der Waals surface area contributed by atoms with Gasteiger partial charge in [0.05, 0.1) is 0 Å². The van der Waals surface area contributed by atoms with Gasteiger partial charge in [0.2, 0.25) is 5.52 Å². The van der Waals surface area contributed by atoms with Crippen molar-refractivity contribution in [3.05, 3.63) is 0 Å². The fourth-order valence-corrected chi connectivity index (χ4v) is 4.93. The van der Waals surface area contributed by atoms with Crippen molar-refractivity contribution in [2.45, 2.75) is 32.5 Å². The van der Waals surface area contributed by atoms with Crippen LogP contribution in [-0.2, 0) is 13.6 Å². The molecule has 0 bridgehead atoms. The van der Waals surface area contributed by atoms with Gasteiger partial charge in [0.15, 0.2) is 8.32 Å². The van der Waals surface area contributed by atoms with Crippen LogP contribution in [-0.4, -0.2) is 44.3 Å². The van der Waals surface area contributed by atoms with E-state index in [9.17, 15) is 14.3 Å². The zero-order valence-electron chi connectivity index (χ0n) is 10.7. The van der Waals surface area contributed by atoms with E-state index in [1.165, 1.54) is 0 Å². The van der Waals surface area contributed by atoms with Crippen molar-refractivity contribution in [3.8, 4) is 0 Å². The van der Waals surface area contributed by atoms with Crippen molar-refractivity contribution in [3.63, 3.8) is 0 Å². The molecule has 0 amide bonds. The second-order valence-corrected chi connectivity index (χ2v) is 11.5. The van der Waals surface area contributed by atoms with Crippen LogP contribution in [0, 0.1) is 0 Å². The summed E-state index contributed by atoms with van der Waals surface area (Å²) in [5.74, 6) is 0. The third-order valence-corrected chi connectivity index (χ3v) is 5.74. The highest BCUT2D eigenvalue weighted by molar-refractivity contribution is 7.72. The molecule has 1 atom stereocenters. The van der Waals surface area contributed by atoms with E-state index in [1.54, 1.807) is 19.6 Å². The predicted molar refractivity (Wildman–Crippen MR) is 67.1 cm³/mol. The van der Waals surface area contributed by atoms with E-state index in [2.05, 4.69) is 0 Å². The van der Waals surface area contributed by atoms with Crippen LogP contribution in [0.1, 0.15) is 12.8 Å². The Labute approximate surface area is 98.5 Å². The molecule has 16 heavy (non-hydrogen) atoms. The van der Waals surface area contributed by atoms with Crippen molar-refractivity contribution >= 4 is 21.4 Å². The SMILES string of the molecule is CN(C)CCCC(=O)P(=O)(O)O[Si](C)(C)C. The molecule has 0 heterocycles. The van der Waals surface area contributed by atoms with Crippen molar-refractivity contribution in [1.29, 1.82) is 0 Å². The van der Waals surface area contributed by atoms with Crippen molar-refractivity contribution < 1.29 is 18.5 Å². The molecule has 0 spiro atoms. The second-order valence-electron chi connectivity index (χ2n) is 5.02. The van der Waals surface area contributed by atoms with E-state index < -0.39 is 21.4 Å². The third-order valence-electron chi connectivity index (χ3n) is 1.71. The van der Waals surface area contributed by atoms with Crippen LogP contribution in [0.5, 0.6) is 0 Å². The van der Waals surface area contributed by atoms with Gasteiger partial charge in [-0.1, -0.05) is 0 Å². The summed E-state index contributed by atoms with van der Waals surface area (Å²) in [4.78, 5) is 22.9. The Morgan fingerprint density at radius 2 is 1.88 bits per heavy atom. The fraction of sp³-hybridized carbons (Fsp3) is 0.889. The number of nitrogens with zero attached hydrogens (tertiary/aromatic N) is 1. The summed E-state index contributed by atoms with van der Waals surface area (Å²) in [7, 11) is -2.44. The zero-order chi connectivity index (χ0) is 13.0. The van der Waals surface area contributed by atoms with Crippen LogP contribution >= 0.6 is 7.60 Å². The van der Waals surface area contributed by atoms with Gasteiger partial charge in [0.1, 0.15) is 0 Å². The molecule has 1 N–H and O–H groups in total. The third kappa shape index (κ3) is 7.30. The van der Waals surface area contributed by atoms with E-state index in [0.29, 0.717) is 6.42 Å². The van der Waals surface area contributed by atoms with Gasteiger partial charge in [-0.3, -0.25) is 9.36 Å². The lowest BCUT2D eigenvalue weighted by Gasteiger charge is -2.21. The first kappa shape index (κ1) is 16.0. The minimum atomic E-state index is -4.06. The highest BCUT2D eigenvalue weighted by Crippen LogP contribution is 2.47. The van der Waals surface area contributed by atoms with Gasteiger partial charge in [-0.25, -0.2) is 0 Å². The number of carbonyl (C=O) groups excluding carboxylic acids is 1. The van der Waals surface area contributed by atoms with Gasteiger partial charge in [0.25, 0.3) is 0 Å². The minimum absolute atomic E-state index is 0.0937. The van der Waals surface area contributed by atoms with E-state index in [0.717, 1.165) is 6.54 Å². The quantitative estimate of drug-likeness (QED) is 0.563. The highest BCUT2D eigenvalue weighted by atomic mass is 31.2. The summed E-state index contributed by atoms with van der Waals surface area (Å²) < 4.78 is 16.6. The maximum absolute atomic E-state index is 11.6. The maximum Gasteiger partial charge on any atom is 0.384 e. The molecule has 0 saturated heterocycles. The molecule has 1 unspecified atom stereocenters. The number of hydrogen-bond donors (Lipinski definition) is 1. The van der Waals surface area contributed by atoms with E-state index >= 15 is 0 Å². The van der Waals surface area contributed by atoms with E-state index in [4.69, 9.17) is 4.21 Å². The minimum Gasteiger partial charge on any atom is -0.346 e. The smallest absolute Gasteiger partial charge is 0.346 e. The highest BCUT2D eigenvalue weighted by Gasteiger charge is 2.35. The Hall–Kier alpha value is -0.00312. The first-order valence-electron chi connectivity index (χ1n) is 5.26. The van der Waals surface area contributed by atoms with Crippen LogP contribution in [0.15, 0.2) is 0 Å². The Morgan fingerprint density at radius 1 is 1.38 bits per heavy atom. The molecule has 0 aromatic rings. The number of carbonyl (C=O) groups is 1. The molecule has 7 heteroatoms. The lowest BCUT2D eigenvalue weighted by atomic mass is 10.3. The van der Waals surface area contributed by atoms with Crippen molar-refractivity contribution in [2.24, 2.45) is 0 Å². The molecule has 5 nitrogen and oxygen atoms in total. The van der Waals surface area contributed by atoms with Crippen molar-refractivity contribution in [2.75, 3.05) is 20.6 Å². The van der Waals surface area contributed by atoms with Crippen LogP contribution in [0.3, 0.4) is 0 Å². The standard InChI is InChI=1S/C9H22NO4PSi/c1-10(2)8-6-7-9(11)15(12,13)14-16(3,4)5/h6-8H2,1-5H3,(H,12,13). The molecular weight excluding hydrogens is 245 g/mol. The summed E-state index contributed by atoms with van der Waals surface area (Å²) >= 11 is 0. The first-order chi connectivity index (χ1) is 7.04. The predicted octanol–water partition coefficient (Wildman–Crippen LogP) is 1.89. The largest absolute Gasteiger partial charge is 0.384 e. The summed E-state index contributed by atoms with van der Waals surface area (Å²) in [6.45, 7) is 6.06. The van der Waals surface area contributed by atoms with E-state index in [-0.39, 0.29) is 6.42 Å². The Kier molecular flexibility index (Phi) is 6.07. The summed E-state index contributed by atoms with van der Waals surface area (Å²) in [6, 6.07) is 0. The Bertz CT molecular complexity index is 288. The van der Waals surface area contributed by atoms with Crippen LogP contribution in [0.2, 0.25) is 19.6 Å². The number of rotatable bonds is 7. The lowest BCUT2D eigenvalue weighted by molar-refractivity contribution is -0.113. The van der Waals surface area contributed by atoms with Gasteiger partial charge >= 0.3 is 7.60 Å². The Morgan fingerprint density at radius 3 is 2.25 bits per heavy atom. The molecular formula is C9H22NO4PSi. The molecule has 0 aliphatic heterocycles. The van der Waals surface area contributed by atoms with Gasteiger partial charge in [-0.2, -0.15) is 0 Å². The topological polar surface area (TPSA) is 66.8 Å². The molecule has 0 radical (unpaired) electrons. The molecule has 0 rings (SSSR count). The van der Waals surface area contributed by atoms with E-state index in [1.807, 2.05) is 19.0 Å². The van der Waals surface area contributed by atoms with Crippen molar-refractivity contribution in [1.82, 2.24) is 4.90 Å². The molecule has 96 valence electrons. The van der Waals surface area contributed by atoms with Crippen LogP contribution in [0.25, 0.3) is 0 Å². The monoisotopic (exact) mass is 267 g/mol. The van der Waals surface area contributed by atoms with Crippen LogP contribution in [0.4, 0.5) is 0 Å². The molecule has 0 fully saturated rings. The molecule has 0 aromatic carbocycles. The maximum atomic E-state index is 11.6. The van der Waals surface area contributed by atoms with Crippen LogP contribution < -0.4 is 0 Å².